The highest BCUT2D eigenvalue weighted by molar-refractivity contribution is 6.33. The fourth-order valence-electron chi connectivity index (χ4n) is 3.48. The number of carbonyl (C=O) groups is 2. The van der Waals surface area contributed by atoms with Gasteiger partial charge >= 0.3 is 0 Å². The molecule has 0 saturated heterocycles. The smallest absolute Gasteiger partial charge is 0.235 e. The predicted octanol–water partition coefficient (Wildman–Crippen LogP) is 3.38. The summed E-state index contributed by atoms with van der Waals surface area (Å²) < 4.78 is 0. The van der Waals surface area contributed by atoms with Crippen LogP contribution in [0.4, 0.5) is 0 Å². The van der Waals surface area contributed by atoms with Gasteiger partial charge in [-0.1, -0.05) is 61.9 Å². The lowest BCUT2D eigenvalue weighted by Crippen LogP contribution is -2.45. The van der Waals surface area contributed by atoms with Crippen LogP contribution in [0.3, 0.4) is 0 Å². The maximum Gasteiger partial charge on any atom is 0.235 e. The molecule has 144 valence electrons. The minimum absolute atomic E-state index is 0.0716. The van der Waals surface area contributed by atoms with Crippen molar-refractivity contribution in [1.29, 1.82) is 0 Å². The van der Waals surface area contributed by atoms with Gasteiger partial charge in [-0.05, 0) is 35.7 Å². The molecule has 1 aliphatic carbocycles. The zero-order chi connectivity index (χ0) is 20.5. The van der Waals surface area contributed by atoms with Crippen LogP contribution in [0.15, 0.2) is 66.9 Å². The van der Waals surface area contributed by atoms with Crippen molar-refractivity contribution in [3.8, 4) is 11.3 Å². The van der Waals surface area contributed by atoms with Crippen LogP contribution in [0, 0.1) is 11.3 Å². The monoisotopic (exact) mass is 395 g/mol. The summed E-state index contributed by atoms with van der Waals surface area (Å²) in [6.45, 7) is 3.80. The zero-order valence-electron chi connectivity index (χ0n) is 15.7. The minimum Gasteiger partial charge on any atom is -0.369 e. The number of aromatic nitrogens is 1. The molecule has 1 aromatic carbocycles. The Morgan fingerprint density at radius 3 is 2.18 bits per heavy atom. The molecule has 0 saturated carbocycles. The Balaban J connectivity index is 2.15. The fourth-order valence-corrected chi connectivity index (χ4v) is 3.70. The van der Waals surface area contributed by atoms with Crippen LogP contribution >= 0.6 is 11.6 Å². The number of primary amides is 2. The first-order valence-electron chi connectivity index (χ1n) is 8.95. The summed E-state index contributed by atoms with van der Waals surface area (Å²) in [5, 5.41) is 0.513. The highest BCUT2D eigenvalue weighted by atomic mass is 35.5. The van der Waals surface area contributed by atoms with Crippen LogP contribution in [-0.2, 0) is 15.0 Å². The first-order valence-corrected chi connectivity index (χ1v) is 9.33. The predicted molar refractivity (Wildman–Crippen MR) is 110 cm³/mol. The molecular formula is C22H22ClN3O2. The van der Waals surface area contributed by atoms with Gasteiger partial charge in [0.05, 0.1) is 11.1 Å². The molecule has 1 aromatic heterocycles. The van der Waals surface area contributed by atoms with E-state index in [1.54, 1.807) is 48.7 Å². The molecule has 0 spiro atoms. The molecule has 28 heavy (non-hydrogen) atoms. The van der Waals surface area contributed by atoms with Crippen molar-refractivity contribution in [2.45, 2.75) is 19.3 Å². The quantitative estimate of drug-likeness (QED) is 0.759. The molecule has 0 aliphatic heterocycles. The second-order valence-corrected chi connectivity index (χ2v) is 7.67. The van der Waals surface area contributed by atoms with Crippen molar-refractivity contribution < 1.29 is 9.59 Å². The lowest BCUT2D eigenvalue weighted by atomic mass is 9.66. The van der Waals surface area contributed by atoms with Crippen molar-refractivity contribution in [3.63, 3.8) is 0 Å². The molecule has 2 amide bonds. The Kier molecular flexibility index (Phi) is 5.13. The number of pyridine rings is 1. The van der Waals surface area contributed by atoms with Gasteiger partial charge in [-0.3, -0.25) is 14.6 Å². The first-order chi connectivity index (χ1) is 13.2. The van der Waals surface area contributed by atoms with Crippen LogP contribution in [0.1, 0.15) is 19.4 Å². The number of hydrogen-bond acceptors (Lipinski definition) is 3. The average Bonchev–Trinajstić information content (AvgIpc) is 2.68. The average molecular weight is 396 g/mol. The highest BCUT2D eigenvalue weighted by Gasteiger charge is 2.43. The first kappa shape index (κ1) is 19.8. The third-order valence-corrected chi connectivity index (χ3v) is 5.75. The molecule has 0 atom stereocenters. The van der Waals surface area contributed by atoms with E-state index in [0.717, 1.165) is 0 Å². The topological polar surface area (TPSA) is 99.1 Å². The number of rotatable bonds is 5. The molecule has 1 aliphatic rings. The maximum atomic E-state index is 12.5. The normalized spacial score (nSPS) is 23.7. The lowest BCUT2D eigenvalue weighted by molar-refractivity contribution is -0.125. The Morgan fingerprint density at radius 2 is 1.68 bits per heavy atom. The Morgan fingerprint density at radius 1 is 1.00 bits per heavy atom. The highest BCUT2D eigenvalue weighted by Crippen LogP contribution is 2.42. The molecular weight excluding hydrogens is 374 g/mol. The van der Waals surface area contributed by atoms with Crippen LogP contribution in [0.2, 0.25) is 5.02 Å². The number of nitrogens with zero attached hydrogens (tertiary/aromatic N) is 1. The van der Waals surface area contributed by atoms with E-state index in [4.69, 9.17) is 23.1 Å². The lowest BCUT2D eigenvalue weighted by Gasteiger charge is -2.36. The van der Waals surface area contributed by atoms with Gasteiger partial charge in [0.25, 0.3) is 0 Å². The van der Waals surface area contributed by atoms with Gasteiger partial charge in [0.1, 0.15) is 5.41 Å². The van der Waals surface area contributed by atoms with Crippen molar-refractivity contribution in [2.24, 2.45) is 22.8 Å². The largest absolute Gasteiger partial charge is 0.369 e. The van der Waals surface area contributed by atoms with E-state index in [1.165, 1.54) is 0 Å². The maximum absolute atomic E-state index is 12.5. The van der Waals surface area contributed by atoms with E-state index in [1.807, 2.05) is 32.0 Å². The summed E-state index contributed by atoms with van der Waals surface area (Å²) in [6.07, 6.45) is 8.35. The third-order valence-electron chi connectivity index (χ3n) is 5.42. The summed E-state index contributed by atoms with van der Waals surface area (Å²) in [5.41, 5.74) is 11.3. The van der Waals surface area contributed by atoms with Crippen molar-refractivity contribution in [2.75, 3.05) is 0 Å². The zero-order valence-corrected chi connectivity index (χ0v) is 16.5. The second kappa shape index (κ2) is 7.24. The van der Waals surface area contributed by atoms with Crippen LogP contribution in [0.5, 0.6) is 0 Å². The number of nitrogens with two attached hydrogens (primary N) is 2. The van der Waals surface area contributed by atoms with Gasteiger partial charge in [0, 0.05) is 16.8 Å². The summed E-state index contributed by atoms with van der Waals surface area (Å²) >= 11 is 6.37. The standard InChI is InChI=1S/C22H22ClN3O2/c1-14(2)21(19(24)27)8-10-22(11-9-21,20(25)28)15-6-7-17(23)16(13-15)18-5-3-4-12-26-18/h3-14H,1-2H3,(H2,24,27)(H2,25,28). The summed E-state index contributed by atoms with van der Waals surface area (Å²) in [4.78, 5) is 28.9. The van der Waals surface area contributed by atoms with E-state index in [-0.39, 0.29) is 5.92 Å². The number of hydrogen-bond donors (Lipinski definition) is 2. The summed E-state index contributed by atoms with van der Waals surface area (Å²) in [7, 11) is 0. The van der Waals surface area contributed by atoms with Gasteiger partial charge < -0.3 is 11.5 Å². The molecule has 0 radical (unpaired) electrons. The van der Waals surface area contributed by atoms with Crippen molar-refractivity contribution in [3.05, 3.63) is 77.5 Å². The molecule has 0 fully saturated rings. The van der Waals surface area contributed by atoms with Crippen LogP contribution in [0.25, 0.3) is 11.3 Å². The van der Waals surface area contributed by atoms with Crippen LogP contribution in [-0.4, -0.2) is 16.8 Å². The fraction of sp³-hybridized carbons (Fsp3) is 0.227. The van der Waals surface area contributed by atoms with E-state index in [2.05, 4.69) is 4.98 Å². The van der Waals surface area contributed by atoms with Gasteiger partial charge in [0.2, 0.25) is 11.8 Å². The van der Waals surface area contributed by atoms with Crippen molar-refractivity contribution >= 4 is 23.4 Å². The Bertz CT molecular complexity index is 967. The minimum atomic E-state index is -1.21. The van der Waals surface area contributed by atoms with Crippen LogP contribution < -0.4 is 11.5 Å². The van der Waals surface area contributed by atoms with Gasteiger partial charge in [-0.25, -0.2) is 0 Å². The van der Waals surface area contributed by atoms with Gasteiger partial charge in [-0.2, -0.15) is 0 Å². The van der Waals surface area contributed by atoms with Gasteiger partial charge in [-0.15, -0.1) is 0 Å². The van der Waals surface area contributed by atoms with E-state index >= 15 is 0 Å². The number of carbonyl (C=O) groups excluding carboxylic acids is 2. The number of benzene rings is 1. The molecule has 0 bridgehead atoms. The summed E-state index contributed by atoms with van der Waals surface area (Å²) in [5.74, 6) is -1.10. The summed E-state index contributed by atoms with van der Waals surface area (Å²) in [6, 6.07) is 10.8. The SMILES string of the molecule is CC(C)C1(C(N)=O)C=CC(C(N)=O)(c2ccc(Cl)c(-c3ccccn3)c2)C=C1. The molecule has 2 aromatic rings. The van der Waals surface area contributed by atoms with E-state index in [0.29, 0.717) is 21.8 Å². The van der Waals surface area contributed by atoms with E-state index < -0.39 is 22.6 Å². The van der Waals surface area contributed by atoms with Gasteiger partial charge in [0.15, 0.2) is 0 Å². The number of amides is 2. The molecule has 5 nitrogen and oxygen atoms in total. The second-order valence-electron chi connectivity index (χ2n) is 7.26. The molecule has 0 unspecified atom stereocenters. The Hall–Kier alpha value is -2.92. The third kappa shape index (κ3) is 3.12. The molecule has 3 rings (SSSR count). The van der Waals surface area contributed by atoms with E-state index in [9.17, 15) is 9.59 Å². The molecule has 4 N–H and O–H groups in total. The van der Waals surface area contributed by atoms with Crippen molar-refractivity contribution in [1.82, 2.24) is 4.98 Å². The number of halogens is 1. The molecule has 6 heteroatoms. The Labute approximate surface area is 169 Å². The molecule has 1 heterocycles.